The van der Waals surface area contributed by atoms with E-state index >= 15 is 0 Å². The molecule has 0 spiro atoms. The van der Waals surface area contributed by atoms with Crippen molar-refractivity contribution in [1.82, 2.24) is 4.98 Å². The van der Waals surface area contributed by atoms with Crippen molar-refractivity contribution in [3.05, 3.63) is 63.6 Å². The van der Waals surface area contributed by atoms with Crippen molar-refractivity contribution in [2.24, 2.45) is 0 Å². The predicted octanol–water partition coefficient (Wildman–Crippen LogP) is 4.24. The fourth-order valence-electron chi connectivity index (χ4n) is 2.02. The lowest BCUT2D eigenvalue weighted by molar-refractivity contribution is 0.0697. The van der Waals surface area contributed by atoms with Gasteiger partial charge in [0.2, 0.25) is 0 Å². The van der Waals surface area contributed by atoms with Crippen LogP contribution in [-0.2, 0) is 6.42 Å². The van der Waals surface area contributed by atoms with Gasteiger partial charge in [0.05, 0.1) is 25.8 Å². The summed E-state index contributed by atoms with van der Waals surface area (Å²) in [6.45, 7) is 0. The zero-order valence-electron chi connectivity index (χ0n) is 10.3. The summed E-state index contributed by atoms with van der Waals surface area (Å²) in [6, 6.07) is 13.0. The maximum absolute atomic E-state index is 11.1. The van der Waals surface area contributed by atoms with Crippen molar-refractivity contribution < 1.29 is 9.90 Å². The molecule has 0 aliphatic heterocycles. The van der Waals surface area contributed by atoms with Gasteiger partial charge in [-0.25, -0.2) is 9.78 Å². The monoisotopic (exact) mass is 303 g/mol. The molecule has 20 heavy (non-hydrogen) atoms. The van der Waals surface area contributed by atoms with Gasteiger partial charge in [0.15, 0.2) is 0 Å². The number of thiazole rings is 1. The van der Waals surface area contributed by atoms with Crippen LogP contribution in [0.25, 0.3) is 10.2 Å². The summed E-state index contributed by atoms with van der Waals surface area (Å²) in [5.74, 6) is -1.01. The van der Waals surface area contributed by atoms with Crippen molar-refractivity contribution in [2.45, 2.75) is 6.42 Å². The lowest BCUT2D eigenvalue weighted by Crippen LogP contribution is -1.99. The van der Waals surface area contributed by atoms with Crippen LogP contribution in [0, 0.1) is 0 Å². The molecule has 0 unspecified atom stereocenters. The smallest absolute Gasteiger partial charge is 0.337 e. The fourth-order valence-corrected chi connectivity index (χ4v) is 3.22. The number of hydrogen-bond acceptors (Lipinski definition) is 3. The van der Waals surface area contributed by atoms with Crippen LogP contribution >= 0.6 is 22.9 Å². The molecule has 3 rings (SSSR count). The molecular formula is C15H10ClNO2S. The minimum atomic E-state index is -1.01. The van der Waals surface area contributed by atoms with Crippen molar-refractivity contribution in [3.63, 3.8) is 0 Å². The van der Waals surface area contributed by atoms with Crippen LogP contribution < -0.4 is 0 Å². The number of fused-ring (bicyclic) bond motifs is 1. The van der Waals surface area contributed by atoms with Crippen LogP contribution in [-0.4, -0.2) is 16.1 Å². The van der Waals surface area contributed by atoms with Crippen molar-refractivity contribution in [3.8, 4) is 0 Å². The second-order valence-electron chi connectivity index (χ2n) is 4.37. The first-order valence-corrected chi connectivity index (χ1v) is 7.19. The van der Waals surface area contributed by atoms with Gasteiger partial charge < -0.3 is 5.11 Å². The van der Waals surface area contributed by atoms with Crippen LogP contribution in [0.1, 0.15) is 20.9 Å². The number of carboxylic acid groups (broad SMARTS) is 1. The Kier molecular flexibility index (Phi) is 3.42. The van der Waals surface area contributed by atoms with Crippen LogP contribution in [0.4, 0.5) is 0 Å². The molecule has 1 N–H and O–H groups in total. The molecule has 100 valence electrons. The first kappa shape index (κ1) is 13.1. The molecule has 1 heterocycles. The van der Waals surface area contributed by atoms with Gasteiger partial charge in [-0.05, 0) is 29.8 Å². The van der Waals surface area contributed by atoms with Gasteiger partial charge in [0, 0.05) is 6.42 Å². The van der Waals surface area contributed by atoms with Gasteiger partial charge in [-0.1, -0.05) is 29.8 Å². The standard InChI is InChI=1S/C15H10ClNO2S/c16-11-6-5-9(7-10(11)15(18)19)8-14-17-12-3-1-2-4-13(12)20-14/h1-7H,8H2,(H,18,19). The highest BCUT2D eigenvalue weighted by Crippen LogP contribution is 2.25. The molecule has 0 bridgehead atoms. The van der Waals surface area contributed by atoms with E-state index in [-0.39, 0.29) is 10.6 Å². The lowest BCUT2D eigenvalue weighted by atomic mass is 10.1. The van der Waals surface area contributed by atoms with Crippen LogP contribution in [0.2, 0.25) is 5.02 Å². The molecule has 0 amide bonds. The van der Waals surface area contributed by atoms with E-state index in [1.54, 1.807) is 23.5 Å². The van der Waals surface area contributed by atoms with E-state index in [0.717, 1.165) is 20.8 Å². The Labute approximate surface area is 124 Å². The zero-order valence-corrected chi connectivity index (χ0v) is 11.9. The first-order valence-electron chi connectivity index (χ1n) is 5.99. The molecule has 0 aliphatic rings. The molecular weight excluding hydrogens is 294 g/mol. The molecule has 2 aromatic carbocycles. The third-order valence-corrected chi connectivity index (χ3v) is 4.32. The number of aromatic nitrogens is 1. The number of rotatable bonds is 3. The van der Waals surface area contributed by atoms with Gasteiger partial charge >= 0.3 is 5.97 Å². The Morgan fingerprint density at radius 3 is 2.80 bits per heavy atom. The molecule has 0 saturated heterocycles. The number of nitrogens with zero attached hydrogens (tertiary/aromatic N) is 1. The maximum Gasteiger partial charge on any atom is 0.337 e. The van der Waals surface area contributed by atoms with E-state index in [9.17, 15) is 4.79 Å². The van der Waals surface area contributed by atoms with Crippen molar-refractivity contribution in [1.29, 1.82) is 0 Å². The van der Waals surface area contributed by atoms with Gasteiger partial charge in [0.25, 0.3) is 0 Å². The average molecular weight is 304 g/mol. The topological polar surface area (TPSA) is 50.2 Å². The number of halogens is 1. The molecule has 0 radical (unpaired) electrons. The van der Waals surface area contributed by atoms with E-state index in [1.165, 1.54) is 0 Å². The first-order chi connectivity index (χ1) is 9.63. The highest BCUT2D eigenvalue weighted by Gasteiger charge is 2.11. The molecule has 0 aliphatic carbocycles. The number of aromatic carboxylic acids is 1. The zero-order chi connectivity index (χ0) is 14.1. The van der Waals surface area contributed by atoms with Gasteiger partial charge in [-0.2, -0.15) is 0 Å². The Bertz CT molecular complexity index is 764. The van der Waals surface area contributed by atoms with E-state index in [1.807, 2.05) is 30.3 Å². The Morgan fingerprint density at radius 2 is 2.05 bits per heavy atom. The second kappa shape index (κ2) is 5.23. The number of carboxylic acids is 1. The second-order valence-corrected chi connectivity index (χ2v) is 5.89. The van der Waals surface area contributed by atoms with Crippen molar-refractivity contribution in [2.75, 3.05) is 0 Å². The van der Waals surface area contributed by atoms with Crippen LogP contribution in [0.3, 0.4) is 0 Å². The van der Waals surface area contributed by atoms with Crippen LogP contribution in [0.15, 0.2) is 42.5 Å². The molecule has 5 heteroatoms. The third kappa shape index (κ3) is 2.53. The molecule has 3 aromatic rings. The fraction of sp³-hybridized carbons (Fsp3) is 0.0667. The largest absolute Gasteiger partial charge is 0.478 e. The van der Waals surface area contributed by atoms with E-state index in [0.29, 0.717) is 6.42 Å². The summed E-state index contributed by atoms with van der Waals surface area (Å²) < 4.78 is 1.13. The van der Waals surface area contributed by atoms with Gasteiger partial charge in [-0.15, -0.1) is 11.3 Å². The van der Waals surface area contributed by atoms with Gasteiger partial charge in [0.1, 0.15) is 0 Å². The highest BCUT2D eigenvalue weighted by atomic mass is 35.5. The van der Waals surface area contributed by atoms with Gasteiger partial charge in [-0.3, -0.25) is 0 Å². The van der Waals surface area contributed by atoms with Crippen molar-refractivity contribution >= 4 is 39.1 Å². The number of benzene rings is 2. The highest BCUT2D eigenvalue weighted by molar-refractivity contribution is 7.18. The SMILES string of the molecule is O=C(O)c1cc(Cc2nc3ccccc3s2)ccc1Cl. The summed E-state index contributed by atoms with van der Waals surface area (Å²) in [5, 5.41) is 10.3. The third-order valence-electron chi connectivity index (χ3n) is 2.95. The number of para-hydroxylation sites is 1. The minimum absolute atomic E-state index is 0.130. The quantitative estimate of drug-likeness (QED) is 0.787. The van der Waals surface area contributed by atoms with E-state index < -0.39 is 5.97 Å². The summed E-state index contributed by atoms with van der Waals surface area (Å²) in [4.78, 5) is 15.6. The van der Waals surface area contributed by atoms with Crippen LogP contribution in [0.5, 0.6) is 0 Å². The molecule has 3 nitrogen and oxygen atoms in total. The number of carbonyl (C=O) groups is 1. The maximum atomic E-state index is 11.1. The summed E-state index contributed by atoms with van der Waals surface area (Å²) in [7, 11) is 0. The Hall–Kier alpha value is -1.91. The summed E-state index contributed by atoms with van der Waals surface area (Å²) in [5.41, 5.74) is 2.00. The molecule has 0 saturated carbocycles. The summed E-state index contributed by atoms with van der Waals surface area (Å²) in [6.07, 6.45) is 0.608. The molecule has 0 atom stereocenters. The summed E-state index contributed by atoms with van der Waals surface area (Å²) >= 11 is 7.48. The Morgan fingerprint density at radius 1 is 1.25 bits per heavy atom. The molecule has 0 fully saturated rings. The normalized spacial score (nSPS) is 10.8. The van der Waals surface area contributed by atoms with E-state index in [4.69, 9.17) is 16.7 Å². The molecule has 1 aromatic heterocycles. The number of hydrogen-bond donors (Lipinski definition) is 1. The Balaban J connectivity index is 1.94. The van der Waals surface area contributed by atoms with E-state index in [2.05, 4.69) is 4.98 Å². The minimum Gasteiger partial charge on any atom is -0.478 e. The lowest BCUT2D eigenvalue weighted by Gasteiger charge is -2.02. The average Bonchev–Trinajstić information content (AvgIpc) is 2.82. The predicted molar refractivity (Wildman–Crippen MR) is 80.8 cm³/mol.